The van der Waals surface area contributed by atoms with E-state index in [0.29, 0.717) is 0 Å². The summed E-state index contributed by atoms with van der Waals surface area (Å²) in [5.41, 5.74) is 20.3. The summed E-state index contributed by atoms with van der Waals surface area (Å²) in [6, 6.07) is 44.5. The molecule has 0 N–H and O–H groups in total. The molecule has 0 atom stereocenters. The molecule has 0 bridgehead atoms. The average molecular weight is 691 g/mol. The average Bonchev–Trinajstić information content (AvgIpc) is 3.61. The van der Waals surface area contributed by atoms with Crippen LogP contribution in [-0.4, -0.2) is 62.8 Å². The van der Waals surface area contributed by atoms with Crippen LogP contribution in [0.4, 0.5) is 0 Å². The highest BCUT2D eigenvalue weighted by Gasteiger charge is 2.27. The van der Waals surface area contributed by atoms with E-state index in [1.807, 2.05) is 0 Å². The molecule has 9 aromatic carbocycles. The fourth-order valence-electron chi connectivity index (χ4n) is 9.77. The smallest absolute Gasteiger partial charge is 0.139 e. The van der Waals surface area contributed by atoms with Gasteiger partial charge < -0.3 is 4.42 Å². The van der Waals surface area contributed by atoms with Crippen molar-refractivity contribution in [3.63, 3.8) is 0 Å². The molecule has 250 valence electrons. The van der Waals surface area contributed by atoms with Gasteiger partial charge in [-0.2, -0.15) is 0 Å². The zero-order valence-corrected chi connectivity index (χ0v) is 33.0. The van der Waals surface area contributed by atoms with Crippen LogP contribution in [0.2, 0.25) is 0 Å². The number of rotatable bonds is 3. The summed E-state index contributed by atoms with van der Waals surface area (Å²) in [6.07, 6.45) is 0. The first-order valence-corrected chi connectivity index (χ1v) is 19.5. The van der Waals surface area contributed by atoms with Gasteiger partial charge in [-0.1, -0.05) is 125 Å². The lowest BCUT2D eigenvalue weighted by atomic mass is 9.59. The Balaban J connectivity index is 1.43. The molecule has 0 aliphatic heterocycles. The highest BCUT2D eigenvalue weighted by Crippen LogP contribution is 2.46. The van der Waals surface area contributed by atoms with E-state index in [-0.39, 0.29) is 0 Å². The summed E-state index contributed by atoms with van der Waals surface area (Å²) >= 11 is 0. The van der Waals surface area contributed by atoms with E-state index in [0.717, 1.165) is 16.6 Å². The molecule has 10 rings (SSSR count). The summed E-state index contributed by atoms with van der Waals surface area (Å²) in [5.74, 6) is 0. The molecular weight excluding hydrogens is 655 g/mol. The van der Waals surface area contributed by atoms with Crippen molar-refractivity contribution in [2.24, 2.45) is 0 Å². The number of furan rings is 1. The molecule has 0 saturated carbocycles. The topological polar surface area (TPSA) is 13.1 Å². The third-order valence-electron chi connectivity index (χ3n) is 13.3. The van der Waals surface area contributed by atoms with Crippen LogP contribution < -0.4 is 43.7 Å². The lowest BCUT2D eigenvalue weighted by molar-refractivity contribution is 0.669. The zero-order chi connectivity index (χ0) is 37.9. The van der Waals surface area contributed by atoms with E-state index in [1.165, 1.54) is 126 Å². The fourth-order valence-corrected chi connectivity index (χ4v) is 9.77. The predicted octanol–water partition coefficient (Wildman–Crippen LogP) is -0.733. The van der Waals surface area contributed by atoms with Crippen molar-refractivity contribution < 1.29 is 4.42 Å². The lowest BCUT2D eigenvalue weighted by Gasteiger charge is -2.29. The van der Waals surface area contributed by atoms with Gasteiger partial charge in [0, 0.05) is 10.8 Å². The van der Waals surface area contributed by atoms with Crippen LogP contribution in [0.25, 0.3) is 98.4 Å². The first-order valence-electron chi connectivity index (χ1n) is 19.5. The zero-order valence-electron chi connectivity index (χ0n) is 33.0. The van der Waals surface area contributed by atoms with Crippen LogP contribution in [0.5, 0.6) is 0 Å². The quantitative estimate of drug-likeness (QED) is 0.176. The van der Waals surface area contributed by atoms with Gasteiger partial charge in [-0.15, -0.1) is 21.9 Å². The molecule has 55 heavy (non-hydrogen) atoms. The van der Waals surface area contributed by atoms with Crippen LogP contribution in [0.1, 0.15) is 0 Å². The van der Waals surface area contributed by atoms with Gasteiger partial charge in [-0.25, -0.2) is 0 Å². The molecule has 1 aromatic heterocycles. The van der Waals surface area contributed by atoms with Crippen LogP contribution in [-0.2, 0) is 0 Å². The maximum Gasteiger partial charge on any atom is 0.139 e. The standard InChI is InChI=1S/C46H36B8O/c47-39-35-33(27-19-18-24(25-10-3-4-11-26(25)27)23-17-16-21-8-1-2-9-22(21)20-23)36-38(42(50)46(54)44(52)40(36)48)34(37(35)41(49)45(53)43(39)51)29-13-7-15-31-32(29)28-12-5-6-14-30(28)55-31/h1-20H,47-54H2. The Labute approximate surface area is 329 Å². The molecule has 0 radical (unpaired) electrons. The Bertz CT molecular complexity index is 3230. The van der Waals surface area contributed by atoms with E-state index in [1.54, 1.807) is 0 Å². The third-order valence-corrected chi connectivity index (χ3v) is 13.3. The van der Waals surface area contributed by atoms with E-state index >= 15 is 0 Å². The van der Waals surface area contributed by atoms with E-state index in [2.05, 4.69) is 184 Å². The Morgan fingerprint density at radius 1 is 0.309 bits per heavy atom. The van der Waals surface area contributed by atoms with Crippen LogP contribution >= 0.6 is 0 Å². The predicted molar refractivity (Wildman–Crippen MR) is 265 cm³/mol. The monoisotopic (exact) mass is 692 g/mol. The van der Waals surface area contributed by atoms with Gasteiger partial charge in [0.15, 0.2) is 0 Å². The van der Waals surface area contributed by atoms with Crippen LogP contribution in [0.3, 0.4) is 0 Å². The first kappa shape index (κ1) is 33.9. The number of para-hydroxylation sites is 1. The van der Waals surface area contributed by atoms with Gasteiger partial charge in [-0.05, 0) is 94.7 Å². The maximum absolute atomic E-state index is 6.54. The Kier molecular flexibility index (Phi) is 7.66. The van der Waals surface area contributed by atoms with Crippen LogP contribution in [0.15, 0.2) is 126 Å². The van der Waals surface area contributed by atoms with Crippen molar-refractivity contribution >= 4 is 172 Å². The fraction of sp³-hybridized carbons (Fsp3) is 0. The minimum absolute atomic E-state index is 0.924. The van der Waals surface area contributed by atoms with E-state index in [4.69, 9.17) is 4.42 Å². The largest absolute Gasteiger partial charge is 0.456 e. The summed E-state index contributed by atoms with van der Waals surface area (Å²) in [6.45, 7) is 0. The molecule has 0 fully saturated rings. The Morgan fingerprint density at radius 2 is 0.782 bits per heavy atom. The molecule has 10 aromatic rings. The maximum atomic E-state index is 6.54. The van der Waals surface area contributed by atoms with Gasteiger partial charge in [0.05, 0.1) is 0 Å². The van der Waals surface area contributed by atoms with Crippen molar-refractivity contribution in [1.82, 2.24) is 0 Å². The second-order valence-corrected chi connectivity index (χ2v) is 15.8. The van der Waals surface area contributed by atoms with Gasteiger partial charge in [0.2, 0.25) is 0 Å². The van der Waals surface area contributed by atoms with Crippen molar-refractivity contribution in [2.75, 3.05) is 0 Å². The van der Waals surface area contributed by atoms with Gasteiger partial charge in [-0.3, -0.25) is 0 Å². The van der Waals surface area contributed by atoms with Crippen LogP contribution in [0, 0.1) is 0 Å². The van der Waals surface area contributed by atoms with Crippen molar-refractivity contribution in [3.05, 3.63) is 121 Å². The summed E-state index contributed by atoms with van der Waals surface area (Å²) in [5, 5.41) is 12.8. The Morgan fingerprint density at radius 3 is 1.40 bits per heavy atom. The molecule has 0 aliphatic carbocycles. The molecule has 1 heterocycles. The second-order valence-electron chi connectivity index (χ2n) is 15.8. The minimum Gasteiger partial charge on any atom is -0.456 e. The van der Waals surface area contributed by atoms with Gasteiger partial charge in [0.25, 0.3) is 0 Å². The molecule has 0 amide bonds. The summed E-state index contributed by atoms with van der Waals surface area (Å²) < 4.78 is 6.54. The van der Waals surface area contributed by atoms with E-state index < -0.39 is 0 Å². The molecular formula is C46H36B8O. The summed E-state index contributed by atoms with van der Waals surface area (Å²) in [4.78, 5) is 0. The molecule has 9 heteroatoms. The number of fused-ring (bicyclic) bond motifs is 7. The van der Waals surface area contributed by atoms with Gasteiger partial charge in [0.1, 0.15) is 73.9 Å². The van der Waals surface area contributed by atoms with Crippen molar-refractivity contribution in [1.29, 1.82) is 0 Å². The molecule has 0 saturated heterocycles. The lowest BCUT2D eigenvalue weighted by Crippen LogP contribution is -2.50. The molecule has 0 unspecified atom stereocenters. The number of hydrogen-bond acceptors (Lipinski definition) is 1. The molecule has 1 nitrogen and oxygen atoms in total. The number of benzene rings is 9. The molecule has 0 aliphatic rings. The Hall–Kier alpha value is -5.66. The van der Waals surface area contributed by atoms with Gasteiger partial charge >= 0.3 is 0 Å². The minimum atomic E-state index is 0.924. The summed E-state index contributed by atoms with van der Waals surface area (Å²) in [7, 11) is 18.7. The number of hydrogen-bond donors (Lipinski definition) is 0. The molecule has 0 spiro atoms. The highest BCUT2D eigenvalue weighted by atomic mass is 16.3. The van der Waals surface area contributed by atoms with Crippen molar-refractivity contribution in [3.8, 4) is 33.4 Å². The third kappa shape index (κ3) is 4.78. The SMILES string of the molecule is Bc1c(B)c(B)c2c(-c3cccc4oc5ccccc5c34)c3c(B)c(B)c(B)c(B)c3c(-c3ccc(-c4ccc5ccccc5c4)c4ccccc34)c2c1B. The highest BCUT2D eigenvalue weighted by molar-refractivity contribution is 6.71. The normalized spacial score (nSPS) is 11.9. The first-order chi connectivity index (χ1) is 26.7. The second kappa shape index (κ2) is 12.4. The van der Waals surface area contributed by atoms with Crippen molar-refractivity contribution in [2.45, 2.75) is 0 Å². The van der Waals surface area contributed by atoms with E-state index in [9.17, 15) is 0 Å².